The van der Waals surface area contributed by atoms with Crippen LogP contribution in [0.4, 0.5) is 0 Å². The first kappa shape index (κ1) is 17.2. The number of hydrogen-bond donors (Lipinski definition) is 0. The van der Waals surface area contributed by atoms with Gasteiger partial charge in [-0.25, -0.2) is 0 Å². The van der Waals surface area contributed by atoms with Crippen LogP contribution in [0, 0.1) is 0 Å². The summed E-state index contributed by atoms with van der Waals surface area (Å²) in [7, 11) is -4.68. The molecule has 1 rings (SSSR count). The van der Waals surface area contributed by atoms with Crippen LogP contribution in [0.1, 0.15) is 52.4 Å². The average molecular weight is 307 g/mol. The van der Waals surface area contributed by atoms with Crippen LogP contribution in [0.3, 0.4) is 0 Å². The summed E-state index contributed by atoms with van der Waals surface area (Å²) in [6, 6.07) is 1.30. The number of unbranched alkanes of at least 4 members (excludes halogenated alkanes) is 4. The zero-order valence-corrected chi connectivity index (χ0v) is 15.0. The van der Waals surface area contributed by atoms with Crippen LogP contribution in [0.2, 0.25) is 24.7 Å². The molecule has 19 heavy (non-hydrogen) atoms. The molecule has 0 heterocycles. The van der Waals surface area contributed by atoms with E-state index in [1.54, 1.807) is 0 Å². The van der Waals surface area contributed by atoms with Crippen molar-refractivity contribution in [2.45, 2.75) is 82.7 Å². The van der Waals surface area contributed by atoms with Crippen molar-refractivity contribution in [2.24, 2.45) is 0 Å². The molecule has 0 saturated heterocycles. The fourth-order valence-corrected chi connectivity index (χ4v) is 8.39. The molecule has 0 radical (unpaired) electrons. The number of rotatable bonds is 9. The normalized spacial score (nSPS) is 27.5. The largest absolute Gasteiger partial charge is 0.264 e. The van der Waals surface area contributed by atoms with Gasteiger partial charge in [0.1, 0.15) is 0 Å². The molecule has 0 amide bonds. The van der Waals surface area contributed by atoms with Crippen molar-refractivity contribution >= 4 is 18.2 Å². The van der Waals surface area contributed by atoms with E-state index in [2.05, 4.69) is 20.0 Å². The second kappa shape index (κ2) is 6.27. The minimum Gasteiger partial charge on any atom is -0.264 e. The quantitative estimate of drug-likeness (QED) is 0.365. The average Bonchev–Trinajstić information content (AvgIpc) is 2.87. The summed E-state index contributed by atoms with van der Waals surface area (Å²) < 4.78 is 27.9. The molecule has 0 aromatic carbocycles. The van der Waals surface area contributed by atoms with Gasteiger partial charge < -0.3 is 0 Å². The lowest BCUT2D eigenvalue weighted by atomic mass is 10.2. The third-order valence-corrected chi connectivity index (χ3v) is 9.42. The Hall–Kier alpha value is 0.127. The van der Waals surface area contributed by atoms with Crippen molar-refractivity contribution in [2.75, 3.05) is 6.26 Å². The lowest BCUT2D eigenvalue weighted by Crippen LogP contribution is -2.31. The van der Waals surface area contributed by atoms with Crippen LogP contribution < -0.4 is 0 Å². The summed E-state index contributed by atoms with van der Waals surface area (Å²) in [4.78, 5) is 0. The third kappa shape index (κ3) is 5.56. The molecular formula is C14H30O3SSi. The summed E-state index contributed by atoms with van der Waals surface area (Å²) in [6.07, 6.45) is 8.65. The van der Waals surface area contributed by atoms with Crippen LogP contribution in [-0.4, -0.2) is 28.3 Å². The van der Waals surface area contributed by atoms with Gasteiger partial charge in [0.25, 0.3) is 10.1 Å². The SMILES string of the molecule is CCCCCCC[Si](C)(C)[C@@H]1C[C@@]1(C)OS(C)(=O)=O. The minimum absolute atomic E-state index is 0.396. The van der Waals surface area contributed by atoms with Gasteiger partial charge in [-0.3, -0.25) is 4.18 Å². The lowest BCUT2D eigenvalue weighted by Gasteiger charge is -2.25. The molecular weight excluding hydrogens is 276 g/mol. The number of hydrogen-bond acceptors (Lipinski definition) is 3. The van der Waals surface area contributed by atoms with Gasteiger partial charge in [-0.15, -0.1) is 0 Å². The Morgan fingerprint density at radius 3 is 2.32 bits per heavy atom. The summed E-state index contributed by atoms with van der Waals surface area (Å²) in [5.74, 6) is 0. The zero-order chi connectivity index (χ0) is 14.7. The van der Waals surface area contributed by atoms with Crippen LogP contribution in [-0.2, 0) is 14.3 Å². The van der Waals surface area contributed by atoms with Gasteiger partial charge in [0.05, 0.1) is 19.9 Å². The molecule has 0 bridgehead atoms. The van der Waals surface area contributed by atoms with E-state index in [0.29, 0.717) is 5.54 Å². The van der Waals surface area contributed by atoms with Crippen molar-refractivity contribution in [3.8, 4) is 0 Å². The molecule has 0 unspecified atom stereocenters. The van der Waals surface area contributed by atoms with Gasteiger partial charge in [-0.2, -0.15) is 8.42 Å². The topological polar surface area (TPSA) is 43.4 Å². The van der Waals surface area contributed by atoms with E-state index in [1.165, 1.54) is 38.1 Å². The third-order valence-electron chi connectivity index (χ3n) is 4.40. The van der Waals surface area contributed by atoms with E-state index in [-0.39, 0.29) is 0 Å². The van der Waals surface area contributed by atoms with Crippen LogP contribution >= 0.6 is 0 Å². The Balaban J connectivity index is 2.39. The highest BCUT2D eigenvalue weighted by molar-refractivity contribution is 7.86. The van der Waals surface area contributed by atoms with Gasteiger partial charge in [-0.1, -0.05) is 58.2 Å². The fraction of sp³-hybridized carbons (Fsp3) is 1.00. The Labute approximate surface area is 120 Å². The van der Waals surface area contributed by atoms with E-state index in [4.69, 9.17) is 4.18 Å². The standard InChI is InChI=1S/C14H30O3SSi/c1-6-7-8-9-10-11-19(4,5)13-12-14(13,2)17-18(3,15)16/h13H,6-12H2,1-5H3/t13-,14-/m1/s1. The van der Waals surface area contributed by atoms with E-state index in [9.17, 15) is 8.42 Å². The van der Waals surface area contributed by atoms with Gasteiger partial charge in [-0.05, 0) is 18.9 Å². The molecule has 114 valence electrons. The molecule has 1 aliphatic carbocycles. The highest BCUT2D eigenvalue weighted by Gasteiger charge is 2.60. The summed E-state index contributed by atoms with van der Waals surface area (Å²) >= 11 is 0. The molecule has 0 spiro atoms. The summed E-state index contributed by atoms with van der Waals surface area (Å²) in [5.41, 5.74) is 0.105. The van der Waals surface area contributed by atoms with Crippen LogP contribution in [0.25, 0.3) is 0 Å². The zero-order valence-electron chi connectivity index (χ0n) is 13.2. The molecule has 0 aromatic rings. The van der Waals surface area contributed by atoms with E-state index in [0.717, 1.165) is 12.7 Å². The van der Waals surface area contributed by atoms with Crippen molar-refractivity contribution in [3.05, 3.63) is 0 Å². The van der Waals surface area contributed by atoms with Crippen LogP contribution in [0.5, 0.6) is 0 Å². The molecule has 2 atom stereocenters. The first-order valence-corrected chi connectivity index (χ1v) is 12.6. The molecule has 0 N–H and O–H groups in total. The van der Waals surface area contributed by atoms with Gasteiger partial charge in [0.15, 0.2) is 0 Å². The van der Waals surface area contributed by atoms with E-state index in [1.807, 2.05) is 6.92 Å². The summed E-state index contributed by atoms with van der Waals surface area (Å²) in [5, 5.41) is 0. The van der Waals surface area contributed by atoms with Crippen molar-refractivity contribution in [1.29, 1.82) is 0 Å². The highest BCUT2D eigenvalue weighted by atomic mass is 32.2. The minimum atomic E-state index is -3.32. The molecule has 1 fully saturated rings. The maximum Gasteiger partial charge on any atom is 0.264 e. The Morgan fingerprint density at radius 1 is 1.21 bits per heavy atom. The molecule has 0 aromatic heterocycles. The highest BCUT2D eigenvalue weighted by Crippen LogP contribution is 2.59. The van der Waals surface area contributed by atoms with Crippen molar-refractivity contribution < 1.29 is 12.6 Å². The maximum absolute atomic E-state index is 11.3. The van der Waals surface area contributed by atoms with E-state index >= 15 is 0 Å². The second-order valence-corrected chi connectivity index (χ2v) is 13.8. The Kier molecular flexibility index (Phi) is 5.67. The first-order chi connectivity index (χ1) is 8.61. The maximum atomic E-state index is 11.3. The first-order valence-electron chi connectivity index (χ1n) is 7.51. The smallest absolute Gasteiger partial charge is 0.264 e. The monoisotopic (exact) mass is 306 g/mol. The predicted molar refractivity (Wildman–Crippen MR) is 83.7 cm³/mol. The second-order valence-electron chi connectivity index (χ2n) is 7.01. The van der Waals surface area contributed by atoms with Gasteiger partial charge in [0.2, 0.25) is 0 Å². The van der Waals surface area contributed by atoms with Crippen LogP contribution in [0.15, 0.2) is 0 Å². The van der Waals surface area contributed by atoms with Gasteiger partial charge >= 0.3 is 0 Å². The van der Waals surface area contributed by atoms with Gasteiger partial charge in [0, 0.05) is 0 Å². The molecule has 3 nitrogen and oxygen atoms in total. The molecule has 1 aliphatic rings. The summed E-state index contributed by atoms with van der Waals surface area (Å²) in [6.45, 7) is 8.96. The molecule has 0 aliphatic heterocycles. The van der Waals surface area contributed by atoms with Crippen molar-refractivity contribution in [1.82, 2.24) is 0 Å². The predicted octanol–water partition coefficient (Wildman–Crippen LogP) is 4.17. The molecule has 5 heteroatoms. The van der Waals surface area contributed by atoms with Crippen molar-refractivity contribution in [3.63, 3.8) is 0 Å². The lowest BCUT2D eigenvalue weighted by molar-refractivity contribution is 0.210. The van der Waals surface area contributed by atoms with E-state index < -0.39 is 23.8 Å². The fourth-order valence-electron chi connectivity index (χ4n) is 3.25. The molecule has 1 saturated carbocycles. The Morgan fingerprint density at radius 2 is 1.79 bits per heavy atom. The Bertz CT molecular complexity index is 391.